The van der Waals surface area contributed by atoms with Crippen molar-refractivity contribution in [1.82, 2.24) is 9.88 Å². The maximum Gasteiger partial charge on any atom is 0.328 e. The highest BCUT2D eigenvalue weighted by atomic mass is 16.5. The van der Waals surface area contributed by atoms with E-state index in [2.05, 4.69) is 10.1 Å². The number of aromatic nitrogens is 1. The summed E-state index contributed by atoms with van der Waals surface area (Å²) in [6.45, 7) is 3.71. The van der Waals surface area contributed by atoms with Crippen LogP contribution in [0.5, 0.6) is 0 Å². The van der Waals surface area contributed by atoms with Crippen molar-refractivity contribution in [2.24, 2.45) is 13.0 Å². The lowest BCUT2D eigenvalue weighted by Crippen LogP contribution is -2.45. The number of hydrogen-bond donors (Lipinski definition) is 1. The predicted molar refractivity (Wildman–Crippen MR) is 63.5 cm³/mol. The predicted octanol–water partition coefficient (Wildman–Crippen LogP) is 0.952. The number of ether oxygens (including phenoxy) is 1. The van der Waals surface area contributed by atoms with Gasteiger partial charge in [-0.1, -0.05) is 13.8 Å². The second kappa shape index (κ2) is 5.52. The van der Waals surface area contributed by atoms with Gasteiger partial charge in [0.05, 0.1) is 7.11 Å². The Hall–Kier alpha value is -1.78. The Kier molecular flexibility index (Phi) is 4.31. The van der Waals surface area contributed by atoms with Crippen LogP contribution >= 0.6 is 0 Å². The number of carbonyl (C=O) groups excluding carboxylic acids is 2. The minimum Gasteiger partial charge on any atom is -0.467 e. The van der Waals surface area contributed by atoms with E-state index >= 15 is 0 Å². The van der Waals surface area contributed by atoms with Gasteiger partial charge in [-0.3, -0.25) is 4.79 Å². The molecular weight excluding hydrogens is 220 g/mol. The lowest BCUT2D eigenvalue weighted by molar-refractivity contribution is -0.144. The summed E-state index contributed by atoms with van der Waals surface area (Å²) in [5, 5.41) is 2.68. The average molecular weight is 238 g/mol. The zero-order valence-electron chi connectivity index (χ0n) is 10.6. The van der Waals surface area contributed by atoms with E-state index in [0.717, 1.165) is 0 Å². The van der Waals surface area contributed by atoms with Crippen molar-refractivity contribution in [2.45, 2.75) is 19.9 Å². The number of aryl methyl sites for hydroxylation is 1. The molecule has 5 heteroatoms. The molecule has 1 amide bonds. The molecule has 1 atom stereocenters. The van der Waals surface area contributed by atoms with Gasteiger partial charge in [-0.2, -0.15) is 0 Å². The first-order valence-corrected chi connectivity index (χ1v) is 5.47. The zero-order valence-corrected chi connectivity index (χ0v) is 10.6. The molecule has 17 heavy (non-hydrogen) atoms. The van der Waals surface area contributed by atoms with Crippen LogP contribution in [0.3, 0.4) is 0 Å². The fourth-order valence-corrected chi connectivity index (χ4v) is 1.54. The van der Waals surface area contributed by atoms with Gasteiger partial charge in [0.1, 0.15) is 11.7 Å². The summed E-state index contributed by atoms with van der Waals surface area (Å²) in [6.07, 6.45) is 1.78. The van der Waals surface area contributed by atoms with Crippen LogP contribution in [0.25, 0.3) is 0 Å². The van der Waals surface area contributed by atoms with Crippen LogP contribution in [0, 0.1) is 5.92 Å². The second-order valence-corrected chi connectivity index (χ2v) is 4.22. The van der Waals surface area contributed by atoms with Gasteiger partial charge in [-0.05, 0) is 18.1 Å². The Bertz CT molecular complexity index is 410. The molecule has 0 aliphatic carbocycles. The molecule has 0 bridgehead atoms. The third-order valence-corrected chi connectivity index (χ3v) is 2.58. The van der Waals surface area contributed by atoms with Gasteiger partial charge in [0.25, 0.3) is 5.91 Å². The highest BCUT2D eigenvalue weighted by Gasteiger charge is 2.25. The monoisotopic (exact) mass is 238 g/mol. The Morgan fingerprint density at radius 1 is 1.41 bits per heavy atom. The van der Waals surface area contributed by atoms with Gasteiger partial charge in [0.15, 0.2) is 0 Å². The number of nitrogens with one attached hydrogen (secondary N) is 1. The smallest absolute Gasteiger partial charge is 0.328 e. The SMILES string of the molecule is COC(=O)C(NC(=O)c1cccn1C)C(C)C. The van der Waals surface area contributed by atoms with Crippen molar-refractivity contribution in [2.75, 3.05) is 7.11 Å². The van der Waals surface area contributed by atoms with E-state index in [-0.39, 0.29) is 11.8 Å². The Labute approximate surface area is 101 Å². The Morgan fingerprint density at radius 3 is 2.47 bits per heavy atom. The Morgan fingerprint density at radius 2 is 2.06 bits per heavy atom. The molecule has 1 heterocycles. The van der Waals surface area contributed by atoms with Crippen molar-refractivity contribution in [3.8, 4) is 0 Å². The van der Waals surface area contributed by atoms with E-state index in [4.69, 9.17) is 0 Å². The van der Waals surface area contributed by atoms with Crippen LogP contribution < -0.4 is 5.32 Å². The van der Waals surface area contributed by atoms with Gasteiger partial charge in [0.2, 0.25) is 0 Å². The first-order valence-electron chi connectivity index (χ1n) is 5.47. The zero-order chi connectivity index (χ0) is 13.0. The lowest BCUT2D eigenvalue weighted by Gasteiger charge is -2.19. The van der Waals surface area contributed by atoms with Gasteiger partial charge in [0, 0.05) is 13.2 Å². The summed E-state index contributed by atoms with van der Waals surface area (Å²) in [6, 6.07) is 2.85. The molecule has 0 aliphatic heterocycles. The van der Waals surface area contributed by atoms with Crippen LogP contribution in [0.2, 0.25) is 0 Å². The molecule has 5 nitrogen and oxygen atoms in total. The summed E-state index contributed by atoms with van der Waals surface area (Å²) in [4.78, 5) is 23.4. The highest BCUT2D eigenvalue weighted by molar-refractivity contribution is 5.95. The van der Waals surface area contributed by atoms with E-state index in [1.807, 2.05) is 13.8 Å². The fourth-order valence-electron chi connectivity index (χ4n) is 1.54. The van der Waals surface area contributed by atoms with E-state index in [9.17, 15) is 9.59 Å². The third-order valence-electron chi connectivity index (χ3n) is 2.58. The summed E-state index contributed by atoms with van der Waals surface area (Å²) >= 11 is 0. The highest BCUT2D eigenvalue weighted by Crippen LogP contribution is 2.06. The van der Waals surface area contributed by atoms with Crippen LogP contribution in [0.4, 0.5) is 0 Å². The van der Waals surface area contributed by atoms with Crippen molar-refractivity contribution in [1.29, 1.82) is 0 Å². The molecule has 1 rings (SSSR count). The van der Waals surface area contributed by atoms with Crippen LogP contribution in [0.1, 0.15) is 24.3 Å². The summed E-state index contributed by atoms with van der Waals surface area (Å²) < 4.78 is 6.36. The second-order valence-electron chi connectivity index (χ2n) is 4.22. The summed E-state index contributed by atoms with van der Waals surface area (Å²) in [7, 11) is 3.09. The van der Waals surface area contributed by atoms with Crippen LogP contribution in [-0.4, -0.2) is 29.6 Å². The number of hydrogen-bond acceptors (Lipinski definition) is 3. The van der Waals surface area contributed by atoms with Crippen molar-refractivity contribution in [3.63, 3.8) is 0 Å². The number of carbonyl (C=O) groups is 2. The quantitative estimate of drug-likeness (QED) is 0.794. The summed E-state index contributed by atoms with van der Waals surface area (Å²) in [5.74, 6) is -0.726. The molecule has 0 radical (unpaired) electrons. The Balaban J connectivity index is 2.78. The third kappa shape index (κ3) is 3.09. The molecule has 1 N–H and O–H groups in total. The maximum absolute atomic E-state index is 11.9. The minimum absolute atomic E-state index is 0.0216. The number of amides is 1. The van der Waals surface area contributed by atoms with Gasteiger partial charge >= 0.3 is 5.97 Å². The molecule has 0 aromatic carbocycles. The van der Waals surface area contributed by atoms with E-state index in [1.165, 1.54) is 7.11 Å². The molecule has 0 saturated heterocycles. The number of nitrogens with zero attached hydrogens (tertiary/aromatic N) is 1. The van der Waals surface area contributed by atoms with Crippen molar-refractivity contribution in [3.05, 3.63) is 24.0 Å². The van der Waals surface area contributed by atoms with E-state index < -0.39 is 12.0 Å². The number of rotatable bonds is 4. The molecular formula is C12H18N2O3. The summed E-state index contributed by atoms with van der Waals surface area (Å²) in [5.41, 5.74) is 0.513. The van der Waals surface area contributed by atoms with Crippen LogP contribution in [0.15, 0.2) is 18.3 Å². The van der Waals surface area contributed by atoms with Crippen molar-refractivity contribution < 1.29 is 14.3 Å². The van der Waals surface area contributed by atoms with E-state index in [1.54, 1.807) is 29.9 Å². The standard InChI is InChI=1S/C12H18N2O3/c1-8(2)10(12(16)17-4)13-11(15)9-6-5-7-14(9)3/h5-8,10H,1-4H3,(H,13,15). The van der Waals surface area contributed by atoms with Gasteiger partial charge in [-0.15, -0.1) is 0 Å². The molecule has 0 fully saturated rings. The molecule has 1 unspecified atom stereocenters. The molecule has 0 saturated carbocycles. The first-order chi connectivity index (χ1) is 7.97. The lowest BCUT2D eigenvalue weighted by atomic mass is 10.0. The molecule has 94 valence electrons. The normalized spacial score (nSPS) is 12.3. The van der Waals surface area contributed by atoms with Gasteiger partial charge in [-0.25, -0.2) is 4.79 Å². The number of methoxy groups -OCH3 is 1. The fraction of sp³-hybridized carbons (Fsp3) is 0.500. The minimum atomic E-state index is -0.623. The van der Waals surface area contributed by atoms with Gasteiger partial charge < -0.3 is 14.6 Å². The van der Waals surface area contributed by atoms with E-state index in [0.29, 0.717) is 5.69 Å². The largest absolute Gasteiger partial charge is 0.467 e. The van der Waals surface area contributed by atoms with Crippen LogP contribution in [-0.2, 0) is 16.6 Å². The maximum atomic E-state index is 11.9. The van der Waals surface area contributed by atoms with Crippen molar-refractivity contribution >= 4 is 11.9 Å². The molecule has 1 aromatic rings. The molecule has 1 aromatic heterocycles. The molecule has 0 spiro atoms. The first kappa shape index (κ1) is 13.3. The number of esters is 1. The topological polar surface area (TPSA) is 60.3 Å². The average Bonchev–Trinajstić information content (AvgIpc) is 2.70. The molecule has 0 aliphatic rings.